The van der Waals surface area contributed by atoms with Gasteiger partial charge in [-0.25, -0.2) is 19.6 Å². The van der Waals surface area contributed by atoms with Crippen molar-refractivity contribution in [2.75, 3.05) is 20.2 Å². The van der Waals surface area contributed by atoms with Crippen LogP contribution in [0.5, 0.6) is 0 Å². The second-order valence-corrected chi connectivity index (χ2v) is 17.8. The molecule has 2 saturated heterocycles. The molecule has 4 amide bonds. The SMILES string of the molecule is COC(=O)N[C@H](C(=O)N1C[C@@H](C)C[C@H]1c1nc(-c2ccc(-c3ccc4cc(-c5nc([C@@H]6C[C@H](C)CN6C(=O)[C@@H](OC(N)=O)C(C)C)[nH]c5Cl)ccc4c3)cc2)c(Cl)[nH]1)C(C)C. The summed E-state index contributed by atoms with van der Waals surface area (Å²) in [6.07, 6.45) is -1.26. The number of nitrogens with one attached hydrogen (secondary N) is 3. The Labute approximate surface area is 364 Å². The number of fused-ring (bicyclic) bond motifs is 1. The van der Waals surface area contributed by atoms with Gasteiger partial charge in [0.25, 0.3) is 5.91 Å². The fraction of sp³-hybridized carbons (Fsp3) is 0.422. The number of carbonyl (C=O) groups is 4. The highest BCUT2D eigenvalue weighted by atomic mass is 35.5. The van der Waals surface area contributed by atoms with Gasteiger partial charge in [0.15, 0.2) is 6.10 Å². The summed E-state index contributed by atoms with van der Waals surface area (Å²) in [5, 5.41) is 5.47. The molecule has 16 heteroatoms. The first-order valence-electron chi connectivity index (χ1n) is 20.6. The van der Waals surface area contributed by atoms with Crippen LogP contribution in [-0.2, 0) is 19.1 Å². The number of halogens is 2. The average molecular weight is 872 g/mol. The molecule has 2 aliphatic rings. The molecule has 61 heavy (non-hydrogen) atoms. The van der Waals surface area contributed by atoms with Crippen LogP contribution in [0.15, 0.2) is 60.7 Å². The van der Waals surface area contributed by atoms with Gasteiger partial charge in [-0.1, -0.05) is 113 Å². The van der Waals surface area contributed by atoms with Gasteiger partial charge in [0.05, 0.1) is 19.2 Å². The highest BCUT2D eigenvalue weighted by Crippen LogP contribution is 2.40. The average Bonchev–Trinajstić information content (AvgIpc) is 4.02. The smallest absolute Gasteiger partial charge is 0.407 e. The van der Waals surface area contributed by atoms with Crippen molar-refractivity contribution >= 4 is 58.0 Å². The van der Waals surface area contributed by atoms with Crippen molar-refractivity contribution in [1.29, 1.82) is 0 Å². The van der Waals surface area contributed by atoms with E-state index in [9.17, 15) is 19.2 Å². The van der Waals surface area contributed by atoms with Crippen molar-refractivity contribution in [2.45, 2.75) is 78.6 Å². The zero-order valence-corrected chi connectivity index (χ0v) is 36.8. The number of ether oxygens (including phenoxy) is 2. The highest BCUT2D eigenvalue weighted by Gasteiger charge is 2.42. The summed E-state index contributed by atoms with van der Waals surface area (Å²) in [6, 6.07) is 18.9. The molecular formula is C45H52Cl2N8O6. The van der Waals surface area contributed by atoms with E-state index in [1.807, 2.05) is 70.2 Å². The van der Waals surface area contributed by atoms with Crippen LogP contribution in [0.3, 0.4) is 0 Å². The van der Waals surface area contributed by atoms with Gasteiger partial charge >= 0.3 is 12.2 Å². The summed E-state index contributed by atoms with van der Waals surface area (Å²) in [5.74, 6) is 0.679. The van der Waals surface area contributed by atoms with Crippen LogP contribution in [0, 0.1) is 23.7 Å². The van der Waals surface area contributed by atoms with E-state index in [1.54, 1.807) is 9.80 Å². The second kappa shape index (κ2) is 17.8. The summed E-state index contributed by atoms with van der Waals surface area (Å²) < 4.78 is 10.00. The summed E-state index contributed by atoms with van der Waals surface area (Å²) in [4.78, 5) is 70.8. The first-order valence-corrected chi connectivity index (χ1v) is 21.4. The number of amides is 4. The van der Waals surface area contributed by atoms with Crippen LogP contribution in [0.2, 0.25) is 10.3 Å². The van der Waals surface area contributed by atoms with Crippen molar-refractivity contribution in [3.05, 3.63) is 82.6 Å². The topological polar surface area (TPSA) is 189 Å². The second-order valence-electron chi connectivity index (χ2n) is 17.1. The number of nitrogens with two attached hydrogens (primary N) is 1. The normalized spacial score (nSPS) is 20.0. The number of rotatable bonds is 11. The Morgan fingerprint density at radius 2 is 1.20 bits per heavy atom. The lowest BCUT2D eigenvalue weighted by molar-refractivity contribution is -0.143. The lowest BCUT2D eigenvalue weighted by Gasteiger charge is -2.30. The Kier molecular flexibility index (Phi) is 12.7. The largest absolute Gasteiger partial charge is 0.453 e. The number of H-pyrrole nitrogens is 2. The number of likely N-dealkylation sites (tertiary alicyclic amines) is 2. The Balaban J connectivity index is 1.08. The number of alkyl carbamates (subject to hydrolysis) is 1. The molecule has 0 radical (unpaired) electrons. The fourth-order valence-corrected chi connectivity index (χ4v) is 9.06. The molecule has 4 heterocycles. The molecule has 6 atom stereocenters. The summed E-state index contributed by atoms with van der Waals surface area (Å²) in [5.41, 5.74) is 10.1. The first kappa shape index (κ1) is 43.5. The molecule has 5 aromatic rings. The number of imidazole rings is 2. The summed E-state index contributed by atoms with van der Waals surface area (Å²) >= 11 is 13.5. The van der Waals surface area contributed by atoms with Crippen molar-refractivity contribution in [3.63, 3.8) is 0 Å². The zero-order valence-electron chi connectivity index (χ0n) is 35.3. The van der Waals surface area contributed by atoms with E-state index < -0.39 is 24.3 Å². The van der Waals surface area contributed by atoms with Gasteiger partial charge in [-0.2, -0.15) is 0 Å². The minimum Gasteiger partial charge on any atom is -0.453 e. The maximum Gasteiger partial charge on any atom is 0.407 e. The van der Waals surface area contributed by atoms with Crippen molar-refractivity contribution < 1.29 is 28.7 Å². The molecule has 5 N–H and O–H groups in total. The van der Waals surface area contributed by atoms with E-state index in [-0.39, 0.29) is 47.6 Å². The molecule has 3 aromatic carbocycles. The third-order valence-electron chi connectivity index (χ3n) is 11.7. The molecule has 2 aromatic heterocycles. The number of hydrogen-bond acceptors (Lipinski definition) is 8. The number of primary amides is 1. The standard InChI is InChI=1S/C45H52Cl2N8O6/c1-22(2)34(51-45(59)60-7)42(56)54-20-24(5)16-32(54)40-49-35(38(46)52-40)27-10-8-26(9-11-27)28-12-13-30-19-31(15-14-29(30)18-28)36-39(47)53-41(50-36)33-17-25(6)21-55(33)43(57)37(23(3)4)61-44(48)58/h8-15,18-19,22-25,32-34,37H,16-17,20-21H2,1-7H3,(H2,48,58)(H,49,52)(H,50,53)(H,51,59)/t24-,25-,32-,33-,34-,37-/m0/s1. The number of methoxy groups -OCH3 is 1. The lowest BCUT2D eigenvalue weighted by Crippen LogP contribution is -2.51. The summed E-state index contributed by atoms with van der Waals surface area (Å²) in [6.45, 7) is 12.6. The minimum atomic E-state index is -0.998. The molecule has 2 aliphatic heterocycles. The first-order chi connectivity index (χ1) is 29.0. The van der Waals surface area contributed by atoms with Crippen LogP contribution >= 0.6 is 23.2 Å². The number of nitrogens with zero attached hydrogens (tertiary/aromatic N) is 4. The summed E-state index contributed by atoms with van der Waals surface area (Å²) in [7, 11) is 1.28. The maximum atomic E-state index is 13.8. The molecule has 7 rings (SSSR count). The quantitative estimate of drug-likeness (QED) is 0.101. The molecule has 0 spiro atoms. The zero-order chi connectivity index (χ0) is 43.9. The lowest BCUT2D eigenvalue weighted by atomic mass is 9.98. The molecule has 0 aliphatic carbocycles. The molecule has 0 saturated carbocycles. The molecule has 0 bridgehead atoms. The number of carbonyl (C=O) groups excluding carboxylic acids is 4. The number of hydrogen-bond donors (Lipinski definition) is 4. The van der Waals surface area contributed by atoms with Crippen LogP contribution in [0.1, 0.15) is 78.1 Å². The van der Waals surface area contributed by atoms with E-state index in [1.165, 1.54) is 7.11 Å². The van der Waals surface area contributed by atoms with Gasteiger partial charge < -0.3 is 40.3 Å². The van der Waals surface area contributed by atoms with Crippen LogP contribution in [0.4, 0.5) is 9.59 Å². The van der Waals surface area contributed by atoms with Gasteiger partial charge in [-0.15, -0.1) is 0 Å². The van der Waals surface area contributed by atoms with Crippen molar-refractivity contribution in [3.8, 4) is 33.6 Å². The van der Waals surface area contributed by atoms with Gasteiger partial charge in [0.1, 0.15) is 39.4 Å². The molecular weight excluding hydrogens is 819 g/mol. The predicted molar refractivity (Wildman–Crippen MR) is 234 cm³/mol. The van der Waals surface area contributed by atoms with Crippen LogP contribution < -0.4 is 11.1 Å². The molecule has 322 valence electrons. The van der Waals surface area contributed by atoms with Gasteiger partial charge in [-0.05, 0) is 70.5 Å². The Morgan fingerprint density at radius 3 is 1.70 bits per heavy atom. The van der Waals surface area contributed by atoms with Crippen molar-refractivity contribution in [2.24, 2.45) is 29.4 Å². The molecule has 14 nitrogen and oxygen atoms in total. The van der Waals surface area contributed by atoms with Gasteiger partial charge in [0, 0.05) is 24.2 Å². The van der Waals surface area contributed by atoms with Gasteiger partial charge in [-0.3, -0.25) is 9.59 Å². The highest BCUT2D eigenvalue weighted by molar-refractivity contribution is 6.32. The number of benzene rings is 3. The maximum absolute atomic E-state index is 13.8. The Bertz CT molecular complexity index is 2450. The predicted octanol–water partition coefficient (Wildman–Crippen LogP) is 8.91. The van der Waals surface area contributed by atoms with E-state index in [2.05, 4.69) is 47.3 Å². The van der Waals surface area contributed by atoms with E-state index >= 15 is 0 Å². The molecule has 0 unspecified atom stereocenters. The monoisotopic (exact) mass is 870 g/mol. The third-order valence-corrected chi connectivity index (χ3v) is 12.2. The van der Waals surface area contributed by atoms with E-state index in [0.29, 0.717) is 59.3 Å². The van der Waals surface area contributed by atoms with Crippen molar-refractivity contribution in [1.82, 2.24) is 35.1 Å². The van der Waals surface area contributed by atoms with Crippen LogP contribution in [-0.4, -0.2) is 86.1 Å². The minimum absolute atomic E-state index is 0.150. The fourth-order valence-electron chi connectivity index (χ4n) is 8.57. The van der Waals surface area contributed by atoms with Crippen LogP contribution in [0.25, 0.3) is 44.4 Å². The molecule has 2 fully saturated rings. The number of aromatic amines is 2. The number of aromatic nitrogens is 4. The van der Waals surface area contributed by atoms with E-state index in [4.69, 9.17) is 48.4 Å². The Hall–Kier alpha value is -5.60. The Morgan fingerprint density at radius 1 is 0.721 bits per heavy atom. The third kappa shape index (κ3) is 9.06. The van der Waals surface area contributed by atoms with E-state index in [0.717, 1.165) is 33.0 Å². The van der Waals surface area contributed by atoms with Gasteiger partial charge in [0.2, 0.25) is 5.91 Å².